The quantitative estimate of drug-likeness (QED) is 0.0301. The molecule has 1 saturated heterocycles. The lowest BCUT2D eigenvalue weighted by atomic mass is 9.97. The third-order valence-electron chi connectivity index (χ3n) is 10.8. The highest BCUT2D eigenvalue weighted by Crippen LogP contribution is 2.31. The van der Waals surface area contributed by atoms with Gasteiger partial charge in [0.25, 0.3) is 0 Å². The van der Waals surface area contributed by atoms with Crippen LogP contribution in [0.15, 0.2) is 194 Å². The SMILES string of the molecule is COC(OC1C(OCc2ccccc2)C(O)OC(COC(=O)c2ccccc2)C1OCc1ccccc1)C(/C=C/[C@@H](COC(=O)c1ccccc1)OC(=O)c1ccccc1)OC(=O)c1ccccc1. The van der Waals surface area contributed by atoms with Gasteiger partial charge >= 0.3 is 23.9 Å². The zero-order chi connectivity index (χ0) is 48.2. The van der Waals surface area contributed by atoms with E-state index in [4.69, 9.17) is 42.6 Å². The second-order valence-corrected chi connectivity index (χ2v) is 15.7. The van der Waals surface area contributed by atoms with Gasteiger partial charge in [0, 0.05) is 7.11 Å². The van der Waals surface area contributed by atoms with Crippen molar-refractivity contribution in [2.24, 2.45) is 0 Å². The number of esters is 4. The second-order valence-electron chi connectivity index (χ2n) is 15.7. The molecule has 0 aliphatic carbocycles. The summed E-state index contributed by atoms with van der Waals surface area (Å²) in [4.78, 5) is 53.7. The fraction of sp³-hybridized carbons (Fsp3) is 0.236. The van der Waals surface area contributed by atoms with E-state index in [0.29, 0.717) is 5.56 Å². The van der Waals surface area contributed by atoms with E-state index in [0.717, 1.165) is 11.1 Å². The number of methoxy groups -OCH3 is 1. The van der Waals surface area contributed by atoms with Crippen molar-refractivity contribution in [2.75, 3.05) is 20.3 Å². The van der Waals surface area contributed by atoms with Gasteiger partial charge in [0.1, 0.15) is 37.6 Å². The number of hydrogen-bond acceptors (Lipinski definition) is 14. The number of aliphatic hydroxyl groups excluding tert-OH is 1. The van der Waals surface area contributed by atoms with Crippen LogP contribution < -0.4 is 0 Å². The van der Waals surface area contributed by atoms with E-state index >= 15 is 0 Å². The minimum absolute atomic E-state index is 0.00495. The van der Waals surface area contributed by atoms with Crippen LogP contribution in [0.2, 0.25) is 0 Å². The van der Waals surface area contributed by atoms with Gasteiger partial charge in [-0.3, -0.25) is 0 Å². The highest BCUT2D eigenvalue weighted by Gasteiger charge is 2.50. The molecule has 6 aromatic rings. The molecule has 0 saturated carbocycles. The molecule has 69 heavy (non-hydrogen) atoms. The van der Waals surface area contributed by atoms with E-state index < -0.39 is 79.7 Å². The molecular formula is C55H52O14. The Morgan fingerprint density at radius 3 is 1.42 bits per heavy atom. The van der Waals surface area contributed by atoms with Crippen molar-refractivity contribution < 1.29 is 66.9 Å². The summed E-state index contributed by atoms with van der Waals surface area (Å²) in [5.41, 5.74) is 2.56. The smallest absolute Gasteiger partial charge is 0.338 e. The molecule has 1 heterocycles. The molecule has 1 fully saturated rings. The van der Waals surface area contributed by atoms with Crippen LogP contribution in [0.5, 0.6) is 0 Å². The van der Waals surface area contributed by atoms with Crippen LogP contribution in [0.3, 0.4) is 0 Å². The number of ether oxygens (including phenoxy) is 9. The molecule has 14 nitrogen and oxygen atoms in total. The zero-order valence-corrected chi connectivity index (χ0v) is 37.7. The monoisotopic (exact) mass is 936 g/mol. The molecule has 356 valence electrons. The molecule has 1 aliphatic rings. The topological polar surface area (TPSA) is 172 Å². The van der Waals surface area contributed by atoms with Gasteiger partial charge in [-0.05, 0) is 71.8 Å². The van der Waals surface area contributed by atoms with Crippen molar-refractivity contribution >= 4 is 23.9 Å². The van der Waals surface area contributed by atoms with Gasteiger partial charge in [0.05, 0.1) is 35.5 Å². The van der Waals surface area contributed by atoms with Gasteiger partial charge in [-0.25, -0.2) is 19.2 Å². The molecule has 7 rings (SSSR count). The molecule has 8 atom stereocenters. The fourth-order valence-corrected chi connectivity index (χ4v) is 7.24. The molecule has 1 aliphatic heterocycles. The Balaban J connectivity index is 1.23. The first-order chi connectivity index (χ1) is 33.7. The first-order valence-corrected chi connectivity index (χ1v) is 22.2. The predicted octanol–water partition coefficient (Wildman–Crippen LogP) is 7.95. The fourth-order valence-electron chi connectivity index (χ4n) is 7.24. The minimum atomic E-state index is -1.67. The Morgan fingerprint density at radius 1 is 0.522 bits per heavy atom. The molecule has 14 heteroatoms. The van der Waals surface area contributed by atoms with E-state index in [9.17, 15) is 24.3 Å². The lowest BCUT2D eigenvalue weighted by molar-refractivity contribution is -0.337. The van der Waals surface area contributed by atoms with Crippen LogP contribution in [0.1, 0.15) is 52.6 Å². The van der Waals surface area contributed by atoms with Gasteiger partial charge in [-0.2, -0.15) is 0 Å². The van der Waals surface area contributed by atoms with Crippen molar-refractivity contribution in [1.82, 2.24) is 0 Å². The molecule has 0 amide bonds. The Morgan fingerprint density at radius 2 is 0.942 bits per heavy atom. The molecule has 0 radical (unpaired) electrons. The Kier molecular flexibility index (Phi) is 18.5. The van der Waals surface area contributed by atoms with Crippen molar-refractivity contribution in [3.63, 3.8) is 0 Å². The van der Waals surface area contributed by atoms with E-state index in [1.54, 1.807) is 121 Å². The zero-order valence-electron chi connectivity index (χ0n) is 37.7. The van der Waals surface area contributed by atoms with Crippen LogP contribution in [0.4, 0.5) is 0 Å². The first-order valence-electron chi connectivity index (χ1n) is 22.2. The summed E-state index contributed by atoms with van der Waals surface area (Å²) in [5, 5.41) is 11.8. The van der Waals surface area contributed by atoms with Crippen LogP contribution in [-0.2, 0) is 55.8 Å². The number of benzene rings is 6. The number of hydrogen-bond donors (Lipinski definition) is 1. The van der Waals surface area contributed by atoms with Gasteiger partial charge in [-0.15, -0.1) is 0 Å². The van der Waals surface area contributed by atoms with Gasteiger partial charge < -0.3 is 47.7 Å². The molecule has 0 aromatic heterocycles. The number of carbonyl (C=O) groups excluding carboxylic acids is 4. The maximum absolute atomic E-state index is 13.9. The molecule has 7 unspecified atom stereocenters. The van der Waals surface area contributed by atoms with Crippen LogP contribution in [0.25, 0.3) is 0 Å². The summed E-state index contributed by atoms with van der Waals surface area (Å²) in [5.74, 6) is -2.79. The van der Waals surface area contributed by atoms with Crippen molar-refractivity contribution in [2.45, 2.75) is 62.4 Å². The molecule has 0 bridgehead atoms. The molecule has 0 spiro atoms. The summed E-state index contributed by atoms with van der Waals surface area (Å²) < 4.78 is 55.2. The lowest BCUT2D eigenvalue weighted by Gasteiger charge is -2.45. The van der Waals surface area contributed by atoms with E-state index in [-0.39, 0.29) is 36.5 Å². The third kappa shape index (κ3) is 14.6. The van der Waals surface area contributed by atoms with E-state index in [1.807, 2.05) is 60.7 Å². The molecule has 1 N–H and O–H groups in total. The van der Waals surface area contributed by atoms with E-state index in [2.05, 4.69) is 0 Å². The highest BCUT2D eigenvalue weighted by atomic mass is 16.7. The first kappa shape index (κ1) is 49.6. The summed E-state index contributed by atoms with van der Waals surface area (Å²) >= 11 is 0. The number of aliphatic hydroxyl groups is 1. The van der Waals surface area contributed by atoms with Crippen LogP contribution in [0, 0.1) is 0 Å². The summed E-state index contributed by atoms with van der Waals surface area (Å²) in [6.45, 7) is -0.777. The van der Waals surface area contributed by atoms with Gasteiger partial charge in [0.15, 0.2) is 24.8 Å². The minimum Gasteiger partial charge on any atom is -0.459 e. The highest BCUT2D eigenvalue weighted by molar-refractivity contribution is 5.91. The standard InChI is InChI=1S/C55H52O14/c1-61-55(45(67-53(59)43-30-18-7-19-31-43)33-32-44(66-52(58)42-28-16-6-17-29-42)36-64-50(56)40-24-12-4-13-25-40)69-48-47(62-34-38-20-8-2-9-21-38)46(37-65-51(57)41-26-14-5-15-27-41)68-54(60)49(48)63-35-39-22-10-3-11-23-39/h2-33,44-49,54-55,60H,34-37H2,1H3/b33-32+/t44-,45?,46?,47?,48?,49?,54?,55?/m0/s1. The van der Waals surface area contributed by atoms with Crippen LogP contribution >= 0.6 is 0 Å². The summed E-state index contributed by atoms with van der Waals surface area (Å²) in [7, 11) is 1.32. The van der Waals surface area contributed by atoms with Gasteiger partial charge in [-0.1, -0.05) is 133 Å². The third-order valence-corrected chi connectivity index (χ3v) is 10.8. The van der Waals surface area contributed by atoms with Crippen molar-refractivity contribution in [3.8, 4) is 0 Å². The number of rotatable bonds is 22. The number of carbonyl (C=O) groups is 4. The van der Waals surface area contributed by atoms with Crippen LogP contribution in [-0.4, -0.2) is 98.5 Å². The Labute approximate surface area is 399 Å². The second kappa shape index (κ2) is 25.7. The maximum atomic E-state index is 13.9. The molecular weight excluding hydrogens is 885 g/mol. The summed E-state index contributed by atoms with van der Waals surface area (Å²) in [6, 6.07) is 51.7. The van der Waals surface area contributed by atoms with E-state index in [1.165, 1.54) is 19.3 Å². The molecule has 6 aromatic carbocycles. The Bertz CT molecular complexity index is 2530. The summed E-state index contributed by atoms with van der Waals surface area (Å²) in [6.07, 6.45) is -7.87. The Hall–Kier alpha value is -7.30. The van der Waals surface area contributed by atoms with Crippen molar-refractivity contribution in [3.05, 3.63) is 228 Å². The average molecular weight is 937 g/mol. The lowest BCUT2D eigenvalue weighted by Crippen LogP contribution is -2.62. The maximum Gasteiger partial charge on any atom is 0.338 e. The average Bonchev–Trinajstić information content (AvgIpc) is 3.40. The normalized spacial score (nSPS) is 19.1. The predicted molar refractivity (Wildman–Crippen MR) is 250 cm³/mol. The largest absolute Gasteiger partial charge is 0.459 e. The van der Waals surface area contributed by atoms with Crippen molar-refractivity contribution in [1.29, 1.82) is 0 Å². The van der Waals surface area contributed by atoms with Gasteiger partial charge in [0.2, 0.25) is 0 Å².